The van der Waals surface area contributed by atoms with Crippen LogP contribution in [0.4, 0.5) is 0 Å². The first-order chi connectivity index (χ1) is 9.56. The van der Waals surface area contributed by atoms with Crippen molar-refractivity contribution in [3.8, 4) is 0 Å². The average Bonchev–Trinajstić information content (AvgIpc) is 2.94. The second kappa shape index (κ2) is 6.65. The zero-order valence-corrected chi connectivity index (χ0v) is 13.0. The molecule has 1 N–H and O–H groups in total. The van der Waals surface area contributed by atoms with Gasteiger partial charge in [0.05, 0.1) is 0 Å². The molecule has 6 heteroatoms. The summed E-state index contributed by atoms with van der Waals surface area (Å²) in [5, 5.41) is 6.97. The Morgan fingerprint density at radius 1 is 1.35 bits per heavy atom. The molecule has 2 atom stereocenters. The Hall–Kier alpha value is -1.69. The second-order valence-electron chi connectivity index (χ2n) is 4.79. The molecule has 20 heavy (non-hydrogen) atoms. The predicted molar refractivity (Wildman–Crippen MR) is 80.2 cm³/mol. The van der Waals surface area contributed by atoms with Crippen LogP contribution in [0.3, 0.4) is 0 Å². The zero-order chi connectivity index (χ0) is 14.5. The number of halogens is 1. The third-order valence-corrected chi connectivity index (χ3v) is 3.59. The van der Waals surface area contributed by atoms with Gasteiger partial charge in [0.25, 0.3) is 0 Å². The summed E-state index contributed by atoms with van der Waals surface area (Å²) in [7, 11) is 0. The number of nitrogens with one attached hydrogen (secondary N) is 1. The molecular formula is C14H17BrN4O. The van der Waals surface area contributed by atoms with Crippen LogP contribution in [0.5, 0.6) is 0 Å². The van der Waals surface area contributed by atoms with Crippen LogP contribution in [-0.2, 0) is 11.2 Å². The number of benzene rings is 1. The van der Waals surface area contributed by atoms with Crippen LogP contribution in [0.2, 0.25) is 0 Å². The molecule has 2 aromatic rings. The van der Waals surface area contributed by atoms with E-state index < -0.39 is 0 Å². The smallest absolute Gasteiger partial charge is 0.244 e. The molecule has 0 bridgehead atoms. The van der Waals surface area contributed by atoms with Crippen molar-refractivity contribution in [1.29, 1.82) is 0 Å². The standard InChI is InChI=1S/C14H17BrN4O/c1-10(7-12-3-5-13(15)6-4-12)18-14(20)11(2)19-9-16-8-17-19/h3-6,8-11H,7H2,1-2H3,(H,18,20)/t10-,11-/m1/s1. The maximum atomic E-state index is 12.1. The lowest BCUT2D eigenvalue weighted by molar-refractivity contribution is -0.124. The topological polar surface area (TPSA) is 59.8 Å². The third-order valence-electron chi connectivity index (χ3n) is 3.06. The van der Waals surface area contributed by atoms with Crippen molar-refractivity contribution >= 4 is 21.8 Å². The number of aromatic nitrogens is 3. The van der Waals surface area contributed by atoms with Gasteiger partial charge >= 0.3 is 0 Å². The van der Waals surface area contributed by atoms with Crippen LogP contribution in [0.1, 0.15) is 25.5 Å². The van der Waals surface area contributed by atoms with Crippen LogP contribution in [-0.4, -0.2) is 26.7 Å². The van der Waals surface area contributed by atoms with Gasteiger partial charge in [-0.15, -0.1) is 0 Å². The molecule has 0 unspecified atom stereocenters. The van der Waals surface area contributed by atoms with Gasteiger partial charge in [0, 0.05) is 10.5 Å². The van der Waals surface area contributed by atoms with Gasteiger partial charge in [-0.3, -0.25) is 4.79 Å². The Balaban J connectivity index is 1.89. The number of hydrogen-bond acceptors (Lipinski definition) is 3. The van der Waals surface area contributed by atoms with Gasteiger partial charge in [-0.25, -0.2) is 9.67 Å². The molecule has 0 fully saturated rings. The van der Waals surface area contributed by atoms with E-state index in [9.17, 15) is 4.79 Å². The van der Waals surface area contributed by atoms with E-state index in [4.69, 9.17) is 0 Å². The van der Waals surface area contributed by atoms with E-state index in [2.05, 4.69) is 31.3 Å². The summed E-state index contributed by atoms with van der Waals surface area (Å²) in [5.41, 5.74) is 1.19. The predicted octanol–water partition coefficient (Wildman–Crippen LogP) is 2.35. The van der Waals surface area contributed by atoms with Crippen LogP contribution in [0.25, 0.3) is 0 Å². The van der Waals surface area contributed by atoms with Crippen molar-refractivity contribution in [2.45, 2.75) is 32.4 Å². The lowest BCUT2D eigenvalue weighted by atomic mass is 10.1. The molecule has 0 aliphatic rings. The first-order valence-electron chi connectivity index (χ1n) is 6.45. The third kappa shape index (κ3) is 3.90. The van der Waals surface area contributed by atoms with Crippen LogP contribution in [0, 0.1) is 0 Å². The summed E-state index contributed by atoms with van der Waals surface area (Å²) in [6.45, 7) is 3.80. The lowest BCUT2D eigenvalue weighted by Crippen LogP contribution is -2.38. The minimum absolute atomic E-state index is 0.0555. The number of carbonyl (C=O) groups is 1. The van der Waals surface area contributed by atoms with Crippen LogP contribution in [0.15, 0.2) is 41.4 Å². The quantitative estimate of drug-likeness (QED) is 0.911. The summed E-state index contributed by atoms with van der Waals surface area (Å²) in [6.07, 6.45) is 3.77. The van der Waals surface area contributed by atoms with Gasteiger partial charge in [0.2, 0.25) is 5.91 Å². The molecule has 1 amide bonds. The zero-order valence-electron chi connectivity index (χ0n) is 11.5. The maximum Gasteiger partial charge on any atom is 0.244 e. The van der Waals surface area contributed by atoms with E-state index in [1.807, 2.05) is 31.2 Å². The number of hydrogen-bond donors (Lipinski definition) is 1. The van der Waals surface area contributed by atoms with Crippen LogP contribution < -0.4 is 5.32 Å². The number of carbonyl (C=O) groups excluding carboxylic acids is 1. The summed E-state index contributed by atoms with van der Waals surface area (Å²) >= 11 is 3.41. The molecule has 0 aliphatic heterocycles. The molecule has 2 rings (SSSR count). The highest BCUT2D eigenvalue weighted by Crippen LogP contribution is 2.12. The van der Waals surface area contributed by atoms with Crippen molar-refractivity contribution in [1.82, 2.24) is 20.1 Å². The largest absolute Gasteiger partial charge is 0.351 e. The number of amides is 1. The highest BCUT2D eigenvalue weighted by atomic mass is 79.9. The molecule has 1 aromatic heterocycles. The molecule has 0 aliphatic carbocycles. The number of nitrogens with zero attached hydrogens (tertiary/aromatic N) is 3. The summed E-state index contributed by atoms with van der Waals surface area (Å²) < 4.78 is 2.60. The van der Waals surface area contributed by atoms with Gasteiger partial charge in [0.1, 0.15) is 18.7 Å². The van der Waals surface area contributed by atoms with Gasteiger partial charge in [-0.2, -0.15) is 5.10 Å². The lowest BCUT2D eigenvalue weighted by Gasteiger charge is -2.17. The fraction of sp³-hybridized carbons (Fsp3) is 0.357. The van der Waals surface area contributed by atoms with Crippen LogP contribution >= 0.6 is 15.9 Å². The Morgan fingerprint density at radius 2 is 2.05 bits per heavy atom. The Labute approximate surface area is 126 Å². The Morgan fingerprint density at radius 3 is 2.65 bits per heavy atom. The normalized spacial score (nSPS) is 13.8. The van der Waals surface area contributed by atoms with E-state index in [-0.39, 0.29) is 18.0 Å². The molecule has 5 nitrogen and oxygen atoms in total. The van der Waals surface area contributed by atoms with Gasteiger partial charge in [-0.1, -0.05) is 28.1 Å². The Bertz CT molecular complexity index is 553. The highest BCUT2D eigenvalue weighted by molar-refractivity contribution is 9.10. The molecule has 0 radical (unpaired) electrons. The molecule has 1 heterocycles. The molecular weight excluding hydrogens is 320 g/mol. The average molecular weight is 337 g/mol. The van der Waals surface area contributed by atoms with Gasteiger partial charge in [0.15, 0.2) is 0 Å². The molecule has 1 aromatic carbocycles. The van der Waals surface area contributed by atoms with Gasteiger partial charge in [-0.05, 0) is 38.0 Å². The fourth-order valence-electron chi connectivity index (χ4n) is 1.93. The molecule has 0 spiro atoms. The summed E-state index contributed by atoms with van der Waals surface area (Å²) in [6, 6.07) is 7.81. The molecule has 106 valence electrons. The van der Waals surface area contributed by atoms with Crippen molar-refractivity contribution in [2.24, 2.45) is 0 Å². The molecule has 0 saturated heterocycles. The SMILES string of the molecule is C[C@H](Cc1ccc(Br)cc1)NC(=O)[C@@H](C)n1cncn1. The minimum atomic E-state index is -0.357. The van der Waals surface area contributed by atoms with E-state index in [0.717, 1.165) is 10.9 Å². The van der Waals surface area contributed by atoms with Crippen molar-refractivity contribution in [3.05, 3.63) is 47.0 Å². The Kier molecular flexibility index (Phi) is 4.89. The highest BCUT2D eigenvalue weighted by Gasteiger charge is 2.17. The monoisotopic (exact) mass is 336 g/mol. The van der Waals surface area contributed by atoms with Crippen molar-refractivity contribution in [3.63, 3.8) is 0 Å². The number of rotatable bonds is 5. The van der Waals surface area contributed by atoms with Crippen molar-refractivity contribution < 1.29 is 4.79 Å². The fourth-order valence-corrected chi connectivity index (χ4v) is 2.19. The van der Waals surface area contributed by atoms with E-state index in [1.54, 1.807) is 17.9 Å². The van der Waals surface area contributed by atoms with Gasteiger partial charge < -0.3 is 5.32 Å². The maximum absolute atomic E-state index is 12.1. The van der Waals surface area contributed by atoms with E-state index >= 15 is 0 Å². The summed E-state index contributed by atoms with van der Waals surface area (Å²) in [4.78, 5) is 15.9. The second-order valence-corrected chi connectivity index (χ2v) is 5.71. The first kappa shape index (κ1) is 14.7. The van der Waals surface area contributed by atoms with Crippen molar-refractivity contribution in [2.75, 3.05) is 0 Å². The van der Waals surface area contributed by atoms with E-state index in [1.165, 1.54) is 11.9 Å². The summed E-state index contributed by atoms with van der Waals surface area (Å²) in [5.74, 6) is -0.0555. The van der Waals surface area contributed by atoms with E-state index in [0.29, 0.717) is 0 Å². The minimum Gasteiger partial charge on any atom is -0.351 e. The first-order valence-corrected chi connectivity index (χ1v) is 7.24. The molecule has 0 saturated carbocycles.